The zero-order valence-corrected chi connectivity index (χ0v) is 17.1. The number of halogens is 1. The first kappa shape index (κ1) is 20.2. The molecule has 0 radical (unpaired) electrons. The van der Waals surface area contributed by atoms with Gasteiger partial charge in [0, 0.05) is 25.3 Å². The molecule has 7 nitrogen and oxygen atoms in total. The molecule has 1 N–H and O–H groups in total. The molecule has 1 heterocycles. The molecule has 2 aromatic rings. The number of carbonyl (C=O) groups excluding carboxylic acids is 1. The molecule has 2 aromatic carbocycles. The molecule has 9 heteroatoms. The van der Waals surface area contributed by atoms with Crippen LogP contribution in [0.1, 0.15) is 13.8 Å². The van der Waals surface area contributed by atoms with E-state index >= 15 is 0 Å². The first-order valence-corrected chi connectivity index (χ1v) is 10.7. The van der Waals surface area contributed by atoms with E-state index in [9.17, 15) is 23.1 Å². The van der Waals surface area contributed by atoms with Crippen LogP contribution in [0.5, 0.6) is 0 Å². The third kappa shape index (κ3) is 3.57. The molecule has 0 aliphatic carbocycles. The van der Waals surface area contributed by atoms with E-state index in [0.717, 1.165) is 6.26 Å². The largest absolute Gasteiger partial charge is 0.465 e. The van der Waals surface area contributed by atoms with Gasteiger partial charge in [-0.3, -0.25) is 9.69 Å². The van der Waals surface area contributed by atoms with Crippen LogP contribution >= 0.6 is 11.6 Å². The number of benzene rings is 2. The van der Waals surface area contributed by atoms with E-state index in [0.29, 0.717) is 27.5 Å². The lowest BCUT2D eigenvalue weighted by Gasteiger charge is -2.40. The van der Waals surface area contributed by atoms with E-state index in [2.05, 4.69) is 0 Å². The lowest BCUT2D eigenvalue weighted by Crippen LogP contribution is -2.51. The van der Waals surface area contributed by atoms with Crippen molar-refractivity contribution < 1.29 is 23.1 Å². The van der Waals surface area contributed by atoms with E-state index in [1.54, 1.807) is 31.2 Å². The Bertz CT molecular complexity index is 1070. The number of amides is 2. The molecular formula is C19H19ClN2O5S. The van der Waals surface area contributed by atoms with Crippen LogP contribution in [0.3, 0.4) is 0 Å². The minimum absolute atomic E-state index is 0.135. The van der Waals surface area contributed by atoms with Crippen LogP contribution in [0.4, 0.5) is 16.2 Å². The molecule has 0 bridgehead atoms. The fourth-order valence-corrected chi connectivity index (χ4v) is 4.30. The molecule has 148 valence electrons. The van der Waals surface area contributed by atoms with E-state index < -0.39 is 15.9 Å². The van der Waals surface area contributed by atoms with Gasteiger partial charge in [0.1, 0.15) is 0 Å². The Labute approximate surface area is 168 Å². The minimum Gasteiger partial charge on any atom is -0.465 e. The van der Waals surface area contributed by atoms with Gasteiger partial charge in [-0.1, -0.05) is 23.7 Å². The number of carboxylic acid groups (broad SMARTS) is 1. The van der Waals surface area contributed by atoms with Crippen molar-refractivity contribution in [3.05, 3.63) is 41.4 Å². The minimum atomic E-state index is -3.33. The van der Waals surface area contributed by atoms with Crippen LogP contribution in [0.15, 0.2) is 41.3 Å². The SMILES string of the molecule is CC(=O)N1c2cc(Cl)c(-c3ccc(S(C)(=O)=O)cc3)cc2N(C(=O)O)C[C@@H]1C. The van der Waals surface area contributed by atoms with Gasteiger partial charge in [0.05, 0.1) is 27.3 Å². The van der Waals surface area contributed by atoms with Gasteiger partial charge in [-0.05, 0) is 36.8 Å². The van der Waals surface area contributed by atoms with Crippen LogP contribution in [-0.2, 0) is 14.6 Å². The third-order valence-corrected chi connectivity index (χ3v) is 6.11. The third-order valence-electron chi connectivity index (χ3n) is 4.67. The molecule has 28 heavy (non-hydrogen) atoms. The van der Waals surface area contributed by atoms with Crippen molar-refractivity contribution in [1.29, 1.82) is 0 Å². The Kier molecular flexibility index (Phi) is 5.12. The van der Waals surface area contributed by atoms with Crippen LogP contribution < -0.4 is 9.80 Å². The van der Waals surface area contributed by atoms with Crippen LogP contribution in [0.2, 0.25) is 5.02 Å². The average Bonchev–Trinajstić information content (AvgIpc) is 2.59. The predicted molar refractivity (Wildman–Crippen MR) is 108 cm³/mol. The van der Waals surface area contributed by atoms with E-state index in [1.807, 2.05) is 0 Å². The van der Waals surface area contributed by atoms with Crippen molar-refractivity contribution >= 4 is 44.8 Å². The Morgan fingerprint density at radius 2 is 1.75 bits per heavy atom. The summed E-state index contributed by atoms with van der Waals surface area (Å²) in [6, 6.07) is 9.02. The van der Waals surface area contributed by atoms with Crippen molar-refractivity contribution in [2.75, 3.05) is 22.6 Å². The summed E-state index contributed by atoms with van der Waals surface area (Å²) in [5.41, 5.74) is 1.96. The van der Waals surface area contributed by atoms with Gasteiger partial charge in [0.25, 0.3) is 0 Å². The van der Waals surface area contributed by atoms with Crippen molar-refractivity contribution in [2.24, 2.45) is 0 Å². The molecular weight excluding hydrogens is 404 g/mol. The summed E-state index contributed by atoms with van der Waals surface area (Å²) in [6.07, 6.45) is -0.00662. The maximum Gasteiger partial charge on any atom is 0.411 e. The summed E-state index contributed by atoms with van der Waals surface area (Å²) in [4.78, 5) is 26.7. The van der Waals surface area contributed by atoms with Gasteiger partial charge in [-0.15, -0.1) is 0 Å². The lowest BCUT2D eigenvalue weighted by atomic mass is 10.0. The Hall–Kier alpha value is -2.58. The second kappa shape index (κ2) is 7.10. The maximum absolute atomic E-state index is 12.1. The number of hydrogen-bond acceptors (Lipinski definition) is 4. The standard InChI is InChI=1S/C19H19ClN2O5S/c1-11-10-21(19(24)25)17-8-15(16(20)9-18(17)22(11)12(2)23)13-4-6-14(7-5-13)28(3,26)27/h4-9,11H,10H2,1-3H3,(H,24,25)/t11-/m0/s1. The maximum atomic E-state index is 12.1. The van der Waals surface area contributed by atoms with Crippen molar-refractivity contribution in [3.63, 3.8) is 0 Å². The second-order valence-corrected chi connectivity index (χ2v) is 9.17. The normalized spacial score (nSPS) is 16.6. The molecule has 0 spiro atoms. The highest BCUT2D eigenvalue weighted by Gasteiger charge is 2.34. The lowest BCUT2D eigenvalue weighted by molar-refractivity contribution is -0.117. The molecule has 1 atom stereocenters. The van der Waals surface area contributed by atoms with Gasteiger partial charge in [0.15, 0.2) is 9.84 Å². The molecule has 0 saturated carbocycles. The number of fused-ring (bicyclic) bond motifs is 1. The Morgan fingerprint density at radius 3 is 2.25 bits per heavy atom. The smallest absolute Gasteiger partial charge is 0.411 e. The highest BCUT2D eigenvalue weighted by molar-refractivity contribution is 7.90. The Morgan fingerprint density at radius 1 is 1.14 bits per heavy atom. The van der Waals surface area contributed by atoms with Crippen molar-refractivity contribution in [2.45, 2.75) is 24.8 Å². The highest BCUT2D eigenvalue weighted by atomic mass is 35.5. The average molecular weight is 423 g/mol. The molecule has 1 aliphatic heterocycles. The number of rotatable bonds is 2. The summed E-state index contributed by atoms with van der Waals surface area (Å²) in [7, 11) is -3.33. The van der Waals surface area contributed by atoms with E-state index in [4.69, 9.17) is 11.6 Å². The molecule has 2 amide bonds. The van der Waals surface area contributed by atoms with Crippen molar-refractivity contribution in [1.82, 2.24) is 0 Å². The summed E-state index contributed by atoms with van der Waals surface area (Å²) in [5.74, 6) is -0.208. The molecule has 0 saturated heterocycles. The number of hydrogen-bond donors (Lipinski definition) is 1. The van der Waals surface area contributed by atoms with Crippen molar-refractivity contribution in [3.8, 4) is 11.1 Å². The zero-order chi connectivity index (χ0) is 20.8. The zero-order valence-electron chi connectivity index (χ0n) is 15.5. The summed E-state index contributed by atoms with van der Waals surface area (Å²) >= 11 is 6.45. The van der Waals surface area contributed by atoms with Gasteiger partial charge >= 0.3 is 6.09 Å². The second-order valence-electron chi connectivity index (χ2n) is 6.75. The van der Waals surface area contributed by atoms with Gasteiger partial charge in [-0.25, -0.2) is 13.2 Å². The predicted octanol–water partition coefficient (Wildman–Crippen LogP) is 3.65. The van der Waals surface area contributed by atoms with Gasteiger partial charge in [-0.2, -0.15) is 0 Å². The molecule has 0 unspecified atom stereocenters. The quantitative estimate of drug-likeness (QED) is 0.797. The van der Waals surface area contributed by atoms with Gasteiger partial charge < -0.3 is 10.0 Å². The molecule has 0 aromatic heterocycles. The monoisotopic (exact) mass is 422 g/mol. The number of carbonyl (C=O) groups is 2. The fraction of sp³-hybridized carbons (Fsp3) is 0.263. The van der Waals surface area contributed by atoms with E-state index in [-0.39, 0.29) is 23.4 Å². The van der Waals surface area contributed by atoms with Crippen LogP contribution in [0, 0.1) is 0 Å². The summed E-state index contributed by atoms with van der Waals surface area (Å²) in [6.45, 7) is 3.32. The molecule has 3 rings (SSSR count). The molecule has 1 aliphatic rings. The topological polar surface area (TPSA) is 95.0 Å². The first-order valence-electron chi connectivity index (χ1n) is 8.45. The first-order chi connectivity index (χ1) is 13.0. The summed E-state index contributed by atoms with van der Waals surface area (Å²) < 4.78 is 23.3. The Balaban J connectivity index is 2.17. The number of nitrogens with zero attached hydrogens (tertiary/aromatic N) is 2. The number of sulfone groups is 1. The fourth-order valence-electron chi connectivity index (χ4n) is 3.41. The van der Waals surface area contributed by atoms with E-state index in [1.165, 1.54) is 28.9 Å². The van der Waals surface area contributed by atoms with Gasteiger partial charge in [0.2, 0.25) is 5.91 Å². The number of anilines is 2. The summed E-state index contributed by atoms with van der Waals surface area (Å²) in [5, 5.41) is 9.94. The molecule has 0 fully saturated rings. The van der Waals surface area contributed by atoms with Crippen LogP contribution in [0.25, 0.3) is 11.1 Å². The highest BCUT2D eigenvalue weighted by Crippen LogP contribution is 2.42. The van der Waals surface area contributed by atoms with Crippen LogP contribution in [-0.4, -0.2) is 44.4 Å².